The Morgan fingerprint density at radius 3 is 2.50 bits per heavy atom. The van der Waals surface area contributed by atoms with Crippen LogP contribution in [0.5, 0.6) is 0 Å². The summed E-state index contributed by atoms with van der Waals surface area (Å²) < 4.78 is 36.6. The average Bonchev–Trinajstić information content (AvgIpc) is 2.94. The Bertz CT molecular complexity index is 1150. The molecule has 0 spiro atoms. The SMILES string of the molecule is NS(=O)(=O)c1ccc(NC(=O)CCN2C(=O)/C(=C/c3ccccc3F)SC2=S)cc1. The summed E-state index contributed by atoms with van der Waals surface area (Å²) in [5, 5.41) is 7.63. The van der Waals surface area contributed by atoms with Gasteiger partial charge in [0.05, 0.1) is 9.80 Å². The minimum Gasteiger partial charge on any atom is -0.326 e. The van der Waals surface area contributed by atoms with Crippen molar-refractivity contribution in [3.05, 3.63) is 64.8 Å². The summed E-state index contributed by atoms with van der Waals surface area (Å²) in [5.41, 5.74) is 0.663. The molecule has 0 bridgehead atoms. The van der Waals surface area contributed by atoms with Crippen LogP contribution < -0.4 is 10.5 Å². The van der Waals surface area contributed by atoms with Crippen LogP contribution in [0.3, 0.4) is 0 Å². The van der Waals surface area contributed by atoms with E-state index in [-0.39, 0.29) is 38.6 Å². The van der Waals surface area contributed by atoms with Crippen molar-refractivity contribution in [2.45, 2.75) is 11.3 Å². The second kappa shape index (κ2) is 9.04. The van der Waals surface area contributed by atoms with Crippen molar-refractivity contribution in [2.75, 3.05) is 11.9 Å². The first-order valence-electron chi connectivity index (χ1n) is 8.58. The Hall–Kier alpha value is -2.60. The molecule has 0 aromatic heterocycles. The van der Waals surface area contributed by atoms with Crippen molar-refractivity contribution >= 4 is 61.9 Å². The van der Waals surface area contributed by atoms with Crippen LogP contribution in [-0.2, 0) is 19.6 Å². The fourth-order valence-electron chi connectivity index (χ4n) is 2.59. The zero-order valence-corrected chi connectivity index (χ0v) is 17.8. The summed E-state index contributed by atoms with van der Waals surface area (Å²) in [5.74, 6) is -1.22. The quantitative estimate of drug-likeness (QED) is 0.502. The lowest BCUT2D eigenvalue weighted by atomic mass is 10.2. The highest BCUT2D eigenvalue weighted by Crippen LogP contribution is 2.33. The largest absolute Gasteiger partial charge is 0.326 e. The summed E-state index contributed by atoms with van der Waals surface area (Å²) in [6.07, 6.45) is 1.40. The number of carbonyl (C=O) groups excluding carboxylic acids is 2. The third-order valence-corrected chi connectivity index (χ3v) is 6.40. The molecule has 0 atom stereocenters. The Morgan fingerprint density at radius 1 is 1.20 bits per heavy atom. The second-order valence-corrected chi connectivity index (χ2v) is 9.46. The van der Waals surface area contributed by atoms with E-state index in [1.54, 1.807) is 18.2 Å². The van der Waals surface area contributed by atoms with Gasteiger partial charge in [-0.3, -0.25) is 14.5 Å². The third kappa shape index (κ3) is 5.30. The van der Waals surface area contributed by atoms with Gasteiger partial charge in [-0.15, -0.1) is 0 Å². The summed E-state index contributed by atoms with van der Waals surface area (Å²) in [4.78, 5) is 26.2. The van der Waals surface area contributed by atoms with Gasteiger partial charge in [-0.2, -0.15) is 0 Å². The molecular weight excluding hydrogens is 449 g/mol. The number of hydrogen-bond acceptors (Lipinski definition) is 6. The first-order chi connectivity index (χ1) is 14.1. The number of halogens is 1. The molecule has 2 aromatic rings. The Kier molecular flexibility index (Phi) is 6.66. The zero-order chi connectivity index (χ0) is 21.9. The number of carbonyl (C=O) groups is 2. The number of thioether (sulfide) groups is 1. The van der Waals surface area contributed by atoms with Crippen molar-refractivity contribution in [3.63, 3.8) is 0 Å². The minimum atomic E-state index is -3.81. The average molecular weight is 466 g/mol. The zero-order valence-electron chi connectivity index (χ0n) is 15.4. The number of nitrogens with one attached hydrogen (secondary N) is 1. The van der Waals surface area contributed by atoms with Gasteiger partial charge in [0.25, 0.3) is 5.91 Å². The molecule has 156 valence electrons. The van der Waals surface area contributed by atoms with E-state index in [1.165, 1.54) is 41.3 Å². The number of anilines is 1. The fraction of sp³-hybridized carbons (Fsp3) is 0.105. The summed E-state index contributed by atoms with van der Waals surface area (Å²) in [6.45, 7) is 0.0559. The molecule has 2 amide bonds. The van der Waals surface area contributed by atoms with Gasteiger partial charge >= 0.3 is 0 Å². The van der Waals surface area contributed by atoms with E-state index in [2.05, 4.69) is 5.32 Å². The van der Waals surface area contributed by atoms with Gasteiger partial charge in [0, 0.05) is 24.2 Å². The summed E-state index contributed by atoms with van der Waals surface area (Å²) in [7, 11) is -3.81. The van der Waals surface area contributed by atoms with E-state index in [1.807, 2.05) is 0 Å². The normalized spacial score (nSPS) is 15.7. The molecule has 11 heteroatoms. The molecule has 3 rings (SSSR count). The number of nitrogens with zero attached hydrogens (tertiary/aromatic N) is 1. The number of nitrogens with two attached hydrogens (primary N) is 1. The Labute approximate surface area is 182 Å². The molecule has 30 heavy (non-hydrogen) atoms. The van der Waals surface area contributed by atoms with Crippen LogP contribution in [0.25, 0.3) is 6.08 Å². The van der Waals surface area contributed by atoms with Crippen molar-refractivity contribution in [3.8, 4) is 0 Å². The number of rotatable bonds is 6. The fourth-order valence-corrected chi connectivity index (χ4v) is 4.41. The highest BCUT2D eigenvalue weighted by atomic mass is 32.2. The van der Waals surface area contributed by atoms with E-state index in [4.69, 9.17) is 17.4 Å². The molecule has 1 aliphatic heterocycles. The van der Waals surface area contributed by atoms with Crippen molar-refractivity contribution in [2.24, 2.45) is 5.14 Å². The van der Waals surface area contributed by atoms with Crippen LogP contribution in [0.2, 0.25) is 0 Å². The van der Waals surface area contributed by atoms with E-state index < -0.39 is 21.7 Å². The highest BCUT2D eigenvalue weighted by Gasteiger charge is 2.32. The third-order valence-electron chi connectivity index (χ3n) is 4.09. The second-order valence-electron chi connectivity index (χ2n) is 6.22. The van der Waals surface area contributed by atoms with Crippen molar-refractivity contribution in [1.82, 2.24) is 4.90 Å². The smallest absolute Gasteiger partial charge is 0.266 e. The van der Waals surface area contributed by atoms with Crippen LogP contribution in [0, 0.1) is 5.82 Å². The van der Waals surface area contributed by atoms with Crippen LogP contribution in [-0.4, -0.2) is 36.0 Å². The van der Waals surface area contributed by atoms with E-state index in [9.17, 15) is 22.4 Å². The van der Waals surface area contributed by atoms with Crippen LogP contribution in [0.4, 0.5) is 10.1 Å². The number of benzene rings is 2. The number of amides is 2. The monoisotopic (exact) mass is 465 g/mol. The first kappa shape index (κ1) is 22.1. The van der Waals surface area contributed by atoms with Gasteiger partial charge in [-0.05, 0) is 36.4 Å². The van der Waals surface area contributed by atoms with Crippen LogP contribution in [0.15, 0.2) is 58.3 Å². The minimum absolute atomic E-state index is 0.0314. The molecule has 0 aliphatic carbocycles. The molecule has 0 unspecified atom stereocenters. The predicted octanol–water partition coefficient (Wildman–Crippen LogP) is 2.70. The lowest BCUT2D eigenvalue weighted by Gasteiger charge is -2.14. The molecule has 0 saturated carbocycles. The maximum Gasteiger partial charge on any atom is 0.266 e. The summed E-state index contributed by atoms with van der Waals surface area (Å²) in [6, 6.07) is 11.4. The number of thiocarbonyl (C=S) groups is 1. The molecule has 1 saturated heterocycles. The topological polar surface area (TPSA) is 110 Å². The van der Waals surface area contributed by atoms with Gasteiger partial charge < -0.3 is 5.32 Å². The van der Waals surface area contributed by atoms with Gasteiger partial charge in [-0.25, -0.2) is 17.9 Å². The van der Waals surface area contributed by atoms with Gasteiger partial charge in [0.2, 0.25) is 15.9 Å². The standard InChI is InChI=1S/C19H16FN3O4S3/c20-15-4-2-1-3-12(15)11-16-18(25)23(19(28)29-16)10-9-17(24)22-13-5-7-14(8-6-13)30(21,26)27/h1-8,11H,9-10H2,(H,22,24)(H2,21,26,27)/b16-11-. The Morgan fingerprint density at radius 2 is 1.87 bits per heavy atom. The molecule has 0 radical (unpaired) electrons. The van der Waals surface area contributed by atoms with E-state index in [0.717, 1.165) is 11.8 Å². The maximum absolute atomic E-state index is 13.8. The molecule has 1 heterocycles. The van der Waals surface area contributed by atoms with Gasteiger partial charge in [-0.1, -0.05) is 42.2 Å². The Balaban J connectivity index is 1.60. The van der Waals surface area contributed by atoms with Gasteiger partial charge in [0.1, 0.15) is 10.1 Å². The lowest BCUT2D eigenvalue weighted by molar-refractivity contribution is -0.122. The molecule has 7 nitrogen and oxygen atoms in total. The maximum atomic E-state index is 13.8. The molecule has 1 fully saturated rings. The van der Waals surface area contributed by atoms with Crippen molar-refractivity contribution in [1.29, 1.82) is 0 Å². The van der Waals surface area contributed by atoms with E-state index >= 15 is 0 Å². The van der Waals surface area contributed by atoms with Gasteiger partial charge in [0.15, 0.2) is 0 Å². The number of sulfonamides is 1. The van der Waals surface area contributed by atoms with E-state index in [0.29, 0.717) is 5.69 Å². The van der Waals surface area contributed by atoms with Crippen LogP contribution >= 0.6 is 24.0 Å². The van der Waals surface area contributed by atoms with Crippen LogP contribution in [0.1, 0.15) is 12.0 Å². The van der Waals surface area contributed by atoms with Crippen molar-refractivity contribution < 1.29 is 22.4 Å². The molecule has 2 aromatic carbocycles. The molecule has 1 aliphatic rings. The molecular formula is C19H16FN3O4S3. The summed E-state index contributed by atoms with van der Waals surface area (Å²) >= 11 is 6.25. The number of hydrogen-bond donors (Lipinski definition) is 2. The molecule has 3 N–H and O–H groups in total. The highest BCUT2D eigenvalue weighted by molar-refractivity contribution is 8.26. The lowest BCUT2D eigenvalue weighted by Crippen LogP contribution is -2.31. The number of primary sulfonamides is 1. The predicted molar refractivity (Wildman–Crippen MR) is 117 cm³/mol. The first-order valence-corrected chi connectivity index (χ1v) is 11.3.